The molecule has 4 rings (SSSR count). The monoisotopic (exact) mass is 369 g/mol. The lowest BCUT2D eigenvalue weighted by atomic mass is 10.2. The molecule has 1 aliphatic rings. The summed E-state index contributed by atoms with van der Waals surface area (Å²) in [6.07, 6.45) is 4.03. The van der Waals surface area contributed by atoms with Crippen LogP contribution in [0.15, 0.2) is 41.2 Å². The van der Waals surface area contributed by atoms with Crippen molar-refractivity contribution in [3.63, 3.8) is 0 Å². The molecule has 8 heteroatoms. The molecule has 1 N–H and O–H groups in total. The highest BCUT2D eigenvalue weighted by molar-refractivity contribution is 7.08. The largest absolute Gasteiger partial charge is 0.351 e. The third kappa shape index (κ3) is 3.20. The van der Waals surface area contributed by atoms with Crippen molar-refractivity contribution in [3.05, 3.63) is 52.6 Å². The molecular formula is C18H19N5O2S. The molecule has 0 aromatic carbocycles. The van der Waals surface area contributed by atoms with E-state index in [-0.39, 0.29) is 24.3 Å². The highest BCUT2D eigenvalue weighted by Crippen LogP contribution is 2.31. The van der Waals surface area contributed by atoms with Crippen LogP contribution in [0.5, 0.6) is 0 Å². The molecule has 4 heterocycles. The molecule has 0 bridgehead atoms. The minimum atomic E-state index is -0.138. The molecular weight excluding hydrogens is 350 g/mol. The van der Waals surface area contributed by atoms with Gasteiger partial charge in [0.1, 0.15) is 0 Å². The van der Waals surface area contributed by atoms with Crippen molar-refractivity contribution >= 4 is 28.8 Å². The fourth-order valence-corrected chi connectivity index (χ4v) is 3.98. The van der Waals surface area contributed by atoms with Gasteiger partial charge in [-0.2, -0.15) is 11.3 Å². The van der Waals surface area contributed by atoms with E-state index in [0.29, 0.717) is 18.7 Å². The first-order chi connectivity index (χ1) is 12.7. The van der Waals surface area contributed by atoms with Crippen LogP contribution >= 0.6 is 11.3 Å². The second-order valence-electron chi connectivity index (χ2n) is 6.25. The SMILES string of the molecule is O=C(NCCC(=O)N1CCCC1c1nnc2ccccn12)c1ccsc1. The van der Waals surface area contributed by atoms with Gasteiger partial charge in [-0.25, -0.2) is 0 Å². The highest BCUT2D eigenvalue weighted by Gasteiger charge is 2.32. The van der Waals surface area contributed by atoms with Gasteiger partial charge in [-0.05, 0) is 36.4 Å². The van der Waals surface area contributed by atoms with Crippen molar-refractivity contribution in [2.45, 2.75) is 25.3 Å². The number of thiophene rings is 1. The standard InChI is InChI=1S/C18H19N5O2S/c24-16(6-8-19-18(25)13-7-11-26-12-13)22-10-3-4-14(22)17-21-20-15-5-1-2-9-23(15)17/h1-2,5,7,9,11-12,14H,3-4,6,8,10H2,(H,19,25). The predicted molar refractivity (Wildman–Crippen MR) is 97.9 cm³/mol. The Morgan fingerprint density at radius 1 is 1.27 bits per heavy atom. The van der Waals surface area contributed by atoms with E-state index in [9.17, 15) is 9.59 Å². The summed E-state index contributed by atoms with van der Waals surface area (Å²) in [6, 6.07) is 7.46. The zero-order valence-electron chi connectivity index (χ0n) is 14.2. The first-order valence-corrected chi connectivity index (χ1v) is 9.58. The lowest BCUT2D eigenvalue weighted by Crippen LogP contribution is -2.34. The maximum atomic E-state index is 12.7. The fraction of sp³-hybridized carbons (Fsp3) is 0.333. The molecule has 2 amide bonds. The molecule has 0 aliphatic carbocycles. The molecule has 1 unspecified atom stereocenters. The van der Waals surface area contributed by atoms with Gasteiger partial charge in [0.05, 0.1) is 6.04 Å². The molecule has 0 saturated carbocycles. The Bertz CT molecular complexity index is 921. The maximum absolute atomic E-state index is 12.7. The molecule has 0 spiro atoms. The Morgan fingerprint density at radius 3 is 3.04 bits per heavy atom. The molecule has 3 aromatic heterocycles. The number of hydrogen-bond donors (Lipinski definition) is 1. The Balaban J connectivity index is 1.40. The summed E-state index contributed by atoms with van der Waals surface area (Å²) in [5.74, 6) is 0.694. The summed E-state index contributed by atoms with van der Waals surface area (Å²) >= 11 is 1.48. The Kier molecular flexibility index (Phi) is 4.66. The van der Waals surface area contributed by atoms with Crippen LogP contribution in [0.3, 0.4) is 0 Å². The lowest BCUT2D eigenvalue weighted by Gasteiger charge is -2.23. The number of likely N-dealkylation sites (tertiary alicyclic amines) is 1. The lowest BCUT2D eigenvalue weighted by molar-refractivity contribution is -0.132. The molecule has 134 valence electrons. The molecule has 3 aromatic rings. The van der Waals surface area contributed by atoms with Gasteiger partial charge >= 0.3 is 0 Å². The quantitative estimate of drug-likeness (QED) is 0.748. The van der Waals surface area contributed by atoms with Crippen LogP contribution in [0.4, 0.5) is 0 Å². The number of rotatable bonds is 5. The number of nitrogens with one attached hydrogen (secondary N) is 1. The van der Waals surface area contributed by atoms with Gasteiger partial charge < -0.3 is 10.2 Å². The molecule has 1 saturated heterocycles. The molecule has 1 atom stereocenters. The number of nitrogens with zero attached hydrogens (tertiary/aromatic N) is 4. The number of carbonyl (C=O) groups excluding carboxylic acids is 2. The van der Waals surface area contributed by atoms with Crippen molar-refractivity contribution in [1.82, 2.24) is 24.8 Å². The number of fused-ring (bicyclic) bond motifs is 1. The Morgan fingerprint density at radius 2 is 2.19 bits per heavy atom. The van der Waals surface area contributed by atoms with Crippen molar-refractivity contribution in [2.24, 2.45) is 0 Å². The number of pyridine rings is 1. The minimum Gasteiger partial charge on any atom is -0.351 e. The second-order valence-corrected chi connectivity index (χ2v) is 7.03. The van der Waals surface area contributed by atoms with E-state index in [1.54, 1.807) is 11.4 Å². The number of hydrogen-bond acceptors (Lipinski definition) is 5. The van der Waals surface area contributed by atoms with E-state index < -0.39 is 0 Å². The Hall–Kier alpha value is -2.74. The molecule has 26 heavy (non-hydrogen) atoms. The van der Waals surface area contributed by atoms with Crippen LogP contribution in [-0.4, -0.2) is 44.4 Å². The predicted octanol–water partition coefficient (Wildman–Crippen LogP) is 2.27. The van der Waals surface area contributed by atoms with Gasteiger partial charge in [0.15, 0.2) is 11.5 Å². The molecule has 0 radical (unpaired) electrons. The number of carbonyl (C=O) groups is 2. The average molecular weight is 369 g/mol. The van der Waals surface area contributed by atoms with E-state index in [1.807, 2.05) is 39.1 Å². The van der Waals surface area contributed by atoms with Crippen LogP contribution in [0.2, 0.25) is 0 Å². The molecule has 7 nitrogen and oxygen atoms in total. The van der Waals surface area contributed by atoms with Crippen LogP contribution < -0.4 is 5.32 Å². The third-order valence-corrected chi connectivity index (χ3v) is 5.30. The van der Waals surface area contributed by atoms with Crippen molar-refractivity contribution < 1.29 is 9.59 Å². The van der Waals surface area contributed by atoms with E-state index in [2.05, 4.69) is 15.5 Å². The smallest absolute Gasteiger partial charge is 0.252 e. The van der Waals surface area contributed by atoms with Crippen LogP contribution in [0, 0.1) is 0 Å². The first-order valence-electron chi connectivity index (χ1n) is 8.63. The number of aromatic nitrogens is 3. The topological polar surface area (TPSA) is 79.6 Å². The maximum Gasteiger partial charge on any atom is 0.252 e. The van der Waals surface area contributed by atoms with Gasteiger partial charge in [-0.3, -0.25) is 14.0 Å². The summed E-state index contributed by atoms with van der Waals surface area (Å²) < 4.78 is 1.94. The van der Waals surface area contributed by atoms with Crippen molar-refractivity contribution in [1.29, 1.82) is 0 Å². The Labute approximate surface area is 154 Å². The van der Waals surface area contributed by atoms with Gasteiger partial charge in [-0.1, -0.05) is 6.07 Å². The van der Waals surface area contributed by atoms with Crippen LogP contribution in [0.25, 0.3) is 5.65 Å². The highest BCUT2D eigenvalue weighted by atomic mass is 32.1. The average Bonchev–Trinajstić information content (AvgIpc) is 3.40. The zero-order valence-corrected chi connectivity index (χ0v) is 15.0. The molecule has 1 aliphatic heterocycles. The fourth-order valence-electron chi connectivity index (χ4n) is 3.34. The van der Waals surface area contributed by atoms with Gasteiger partial charge in [-0.15, -0.1) is 10.2 Å². The minimum absolute atomic E-state index is 0.0331. The van der Waals surface area contributed by atoms with E-state index >= 15 is 0 Å². The van der Waals surface area contributed by atoms with Crippen LogP contribution in [0.1, 0.15) is 41.5 Å². The number of amides is 2. The summed E-state index contributed by atoms with van der Waals surface area (Å²) in [6.45, 7) is 1.04. The summed E-state index contributed by atoms with van der Waals surface area (Å²) in [5, 5.41) is 15.0. The van der Waals surface area contributed by atoms with Gasteiger partial charge in [0, 0.05) is 36.7 Å². The normalized spacial score (nSPS) is 16.9. The van der Waals surface area contributed by atoms with E-state index in [4.69, 9.17) is 0 Å². The second kappa shape index (κ2) is 7.25. The summed E-state index contributed by atoms with van der Waals surface area (Å²) in [7, 11) is 0. The first kappa shape index (κ1) is 16.7. The van der Waals surface area contributed by atoms with Crippen LogP contribution in [-0.2, 0) is 4.79 Å². The van der Waals surface area contributed by atoms with Crippen molar-refractivity contribution in [3.8, 4) is 0 Å². The summed E-state index contributed by atoms with van der Waals surface area (Å²) in [4.78, 5) is 26.5. The molecule has 1 fully saturated rings. The van der Waals surface area contributed by atoms with E-state index in [0.717, 1.165) is 24.3 Å². The van der Waals surface area contributed by atoms with E-state index in [1.165, 1.54) is 11.3 Å². The van der Waals surface area contributed by atoms with Gasteiger partial charge in [0.25, 0.3) is 5.91 Å². The zero-order chi connectivity index (χ0) is 17.9. The van der Waals surface area contributed by atoms with Gasteiger partial charge in [0.2, 0.25) is 5.91 Å². The third-order valence-electron chi connectivity index (χ3n) is 4.62. The van der Waals surface area contributed by atoms with Crippen molar-refractivity contribution in [2.75, 3.05) is 13.1 Å². The summed E-state index contributed by atoms with van der Waals surface area (Å²) in [5.41, 5.74) is 1.42.